The first-order chi connectivity index (χ1) is 14.6. The second-order valence-corrected chi connectivity index (χ2v) is 8.61. The third kappa shape index (κ3) is 4.96. The summed E-state index contributed by atoms with van der Waals surface area (Å²) in [5.74, 6) is -0.103. The Hall–Kier alpha value is -3.13. The lowest BCUT2D eigenvalue weighted by Crippen LogP contribution is -2.32. The molecule has 8 heteroatoms. The SMILES string of the molecule is COC(=O)c1ccc(CCN2C=Nc3[nH]c(C)c(COC(=O)C(C)(C)C)c3C2O)cc1. The normalized spacial score (nSPS) is 15.5. The number of benzene rings is 1. The molecule has 0 saturated heterocycles. The van der Waals surface area contributed by atoms with Gasteiger partial charge in [-0.05, 0) is 51.8 Å². The number of fused-ring (bicyclic) bond motifs is 1. The molecule has 0 amide bonds. The predicted molar refractivity (Wildman–Crippen MR) is 116 cm³/mol. The first-order valence-electron chi connectivity index (χ1n) is 10.2. The minimum atomic E-state index is -0.907. The average molecular weight is 428 g/mol. The monoisotopic (exact) mass is 427 g/mol. The number of carbonyl (C=O) groups is 2. The van der Waals surface area contributed by atoms with Crippen LogP contribution in [0.25, 0.3) is 0 Å². The van der Waals surface area contributed by atoms with Gasteiger partial charge in [0.1, 0.15) is 12.4 Å². The van der Waals surface area contributed by atoms with Crippen LogP contribution in [0.2, 0.25) is 0 Å². The number of hydrogen-bond donors (Lipinski definition) is 2. The Morgan fingerprint density at radius 1 is 1.23 bits per heavy atom. The van der Waals surface area contributed by atoms with Crippen LogP contribution < -0.4 is 0 Å². The summed E-state index contributed by atoms with van der Waals surface area (Å²) >= 11 is 0. The fraction of sp³-hybridized carbons (Fsp3) is 0.435. The molecule has 1 aromatic carbocycles. The molecular weight excluding hydrogens is 398 g/mol. The number of aromatic nitrogens is 1. The fourth-order valence-corrected chi connectivity index (χ4v) is 3.31. The summed E-state index contributed by atoms with van der Waals surface area (Å²) in [6.45, 7) is 7.86. The van der Waals surface area contributed by atoms with Gasteiger partial charge in [-0.15, -0.1) is 0 Å². The van der Waals surface area contributed by atoms with Crippen LogP contribution in [0.3, 0.4) is 0 Å². The molecule has 1 aromatic heterocycles. The highest BCUT2D eigenvalue weighted by Crippen LogP contribution is 2.36. The van der Waals surface area contributed by atoms with Gasteiger partial charge in [0.05, 0.1) is 30.0 Å². The van der Waals surface area contributed by atoms with Gasteiger partial charge < -0.3 is 24.5 Å². The van der Waals surface area contributed by atoms with Crippen molar-refractivity contribution in [2.45, 2.75) is 47.0 Å². The third-order valence-corrected chi connectivity index (χ3v) is 5.24. The molecule has 1 aliphatic rings. The molecule has 0 fully saturated rings. The molecule has 0 spiro atoms. The lowest BCUT2D eigenvalue weighted by atomic mass is 9.97. The van der Waals surface area contributed by atoms with Gasteiger partial charge in [0.15, 0.2) is 6.23 Å². The van der Waals surface area contributed by atoms with Crippen molar-refractivity contribution >= 4 is 24.1 Å². The Morgan fingerprint density at radius 3 is 2.52 bits per heavy atom. The molecule has 0 saturated carbocycles. The standard InChI is InChI=1S/C23H29N3O5/c1-14-17(12-31-22(29)23(2,3)4)18-19(25-14)24-13-26(20(18)27)11-10-15-6-8-16(9-7-15)21(28)30-5/h6-9,13,20,25,27H,10-12H2,1-5H3. The van der Waals surface area contributed by atoms with E-state index in [2.05, 4.69) is 9.98 Å². The number of H-pyrrole nitrogens is 1. The van der Waals surface area contributed by atoms with Gasteiger partial charge in [0.25, 0.3) is 0 Å². The number of aliphatic hydroxyl groups is 1. The van der Waals surface area contributed by atoms with E-state index in [0.29, 0.717) is 29.9 Å². The second kappa shape index (κ2) is 8.93. The van der Waals surface area contributed by atoms with Gasteiger partial charge in [-0.2, -0.15) is 0 Å². The van der Waals surface area contributed by atoms with Crippen LogP contribution in [0.1, 0.15) is 59.7 Å². The number of rotatable bonds is 6. The third-order valence-electron chi connectivity index (χ3n) is 5.24. The van der Waals surface area contributed by atoms with Crippen molar-refractivity contribution in [3.63, 3.8) is 0 Å². The summed E-state index contributed by atoms with van der Waals surface area (Å²) < 4.78 is 10.2. The molecular formula is C23H29N3O5. The number of esters is 2. The van der Waals surface area contributed by atoms with E-state index in [0.717, 1.165) is 16.8 Å². The van der Waals surface area contributed by atoms with Crippen molar-refractivity contribution in [2.24, 2.45) is 10.4 Å². The number of ether oxygens (including phenoxy) is 2. The van der Waals surface area contributed by atoms with E-state index in [1.165, 1.54) is 7.11 Å². The number of nitrogens with zero attached hydrogens (tertiary/aromatic N) is 2. The lowest BCUT2D eigenvalue weighted by molar-refractivity contribution is -0.154. The summed E-state index contributed by atoms with van der Waals surface area (Å²) in [6, 6.07) is 7.17. The van der Waals surface area contributed by atoms with Crippen LogP contribution in [-0.4, -0.2) is 46.9 Å². The molecule has 2 N–H and O–H groups in total. The van der Waals surface area contributed by atoms with Crippen molar-refractivity contribution in [1.29, 1.82) is 0 Å². The largest absolute Gasteiger partial charge is 0.465 e. The first-order valence-corrected chi connectivity index (χ1v) is 10.2. The van der Waals surface area contributed by atoms with Crippen molar-refractivity contribution < 1.29 is 24.2 Å². The highest BCUT2D eigenvalue weighted by molar-refractivity contribution is 5.89. The van der Waals surface area contributed by atoms with Gasteiger partial charge >= 0.3 is 11.9 Å². The number of methoxy groups -OCH3 is 1. The summed E-state index contributed by atoms with van der Waals surface area (Å²) in [6.07, 6.45) is 1.35. The molecule has 31 heavy (non-hydrogen) atoms. The minimum absolute atomic E-state index is 0.0726. The zero-order valence-electron chi connectivity index (χ0n) is 18.6. The Kier molecular flexibility index (Phi) is 6.50. The van der Waals surface area contributed by atoms with Crippen molar-refractivity contribution in [2.75, 3.05) is 13.7 Å². The fourth-order valence-electron chi connectivity index (χ4n) is 3.31. The maximum absolute atomic E-state index is 12.2. The van der Waals surface area contributed by atoms with Gasteiger partial charge in [-0.25, -0.2) is 9.79 Å². The average Bonchev–Trinajstić information content (AvgIpc) is 3.06. The van der Waals surface area contributed by atoms with Crippen LogP contribution >= 0.6 is 0 Å². The summed E-state index contributed by atoms with van der Waals surface area (Å²) in [7, 11) is 1.35. The number of aromatic amines is 1. The summed E-state index contributed by atoms with van der Waals surface area (Å²) in [5.41, 5.74) is 3.09. The van der Waals surface area contributed by atoms with E-state index in [1.807, 2.05) is 19.1 Å². The van der Waals surface area contributed by atoms with E-state index < -0.39 is 11.6 Å². The molecule has 166 valence electrons. The first kappa shape index (κ1) is 22.6. The highest BCUT2D eigenvalue weighted by atomic mass is 16.5. The maximum atomic E-state index is 12.2. The molecule has 0 bridgehead atoms. The van der Waals surface area contributed by atoms with Crippen LogP contribution in [0, 0.1) is 12.3 Å². The highest BCUT2D eigenvalue weighted by Gasteiger charge is 2.30. The topological polar surface area (TPSA) is 104 Å². The molecule has 1 unspecified atom stereocenters. The minimum Gasteiger partial charge on any atom is -0.465 e. The molecule has 2 aromatic rings. The maximum Gasteiger partial charge on any atom is 0.337 e. The van der Waals surface area contributed by atoms with E-state index >= 15 is 0 Å². The second-order valence-electron chi connectivity index (χ2n) is 8.61. The number of carbonyl (C=O) groups excluding carboxylic acids is 2. The molecule has 1 atom stereocenters. The van der Waals surface area contributed by atoms with E-state index in [4.69, 9.17) is 9.47 Å². The molecule has 3 rings (SSSR count). The van der Waals surface area contributed by atoms with Crippen molar-refractivity contribution in [1.82, 2.24) is 9.88 Å². The number of aryl methyl sites for hydroxylation is 1. The van der Waals surface area contributed by atoms with Crippen LogP contribution in [0.15, 0.2) is 29.3 Å². The van der Waals surface area contributed by atoms with Crippen molar-refractivity contribution in [3.05, 3.63) is 52.2 Å². The number of hydrogen-bond acceptors (Lipinski definition) is 7. The van der Waals surface area contributed by atoms with E-state index in [-0.39, 0.29) is 18.5 Å². The Balaban J connectivity index is 1.69. The molecule has 0 radical (unpaired) electrons. The molecule has 8 nitrogen and oxygen atoms in total. The van der Waals surface area contributed by atoms with Crippen LogP contribution in [-0.2, 0) is 27.3 Å². The lowest BCUT2D eigenvalue weighted by Gasteiger charge is -2.29. The van der Waals surface area contributed by atoms with Gasteiger partial charge in [-0.3, -0.25) is 4.79 Å². The smallest absolute Gasteiger partial charge is 0.337 e. The molecule has 0 aliphatic carbocycles. The van der Waals surface area contributed by atoms with Gasteiger partial charge in [-0.1, -0.05) is 12.1 Å². The Labute approximate surface area is 181 Å². The van der Waals surface area contributed by atoms with Crippen molar-refractivity contribution in [3.8, 4) is 0 Å². The van der Waals surface area contributed by atoms with Crippen LogP contribution in [0.4, 0.5) is 5.82 Å². The molecule has 2 heterocycles. The number of aliphatic hydroxyl groups excluding tert-OH is 1. The van der Waals surface area contributed by atoms with E-state index in [9.17, 15) is 14.7 Å². The Bertz CT molecular complexity index is 986. The zero-order valence-corrected chi connectivity index (χ0v) is 18.6. The number of aliphatic imine (C=N–C) groups is 1. The Morgan fingerprint density at radius 2 is 1.90 bits per heavy atom. The van der Waals surface area contributed by atoms with E-state index in [1.54, 1.807) is 44.1 Å². The molecule has 1 aliphatic heterocycles. The summed E-state index contributed by atoms with van der Waals surface area (Å²) in [5, 5.41) is 11.0. The zero-order chi connectivity index (χ0) is 22.8. The van der Waals surface area contributed by atoms with Gasteiger partial charge in [0, 0.05) is 17.8 Å². The van der Waals surface area contributed by atoms with Crippen LogP contribution in [0.5, 0.6) is 0 Å². The van der Waals surface area contributed by atoms with Gasteiger partial charge in [0.2, 0.25) is 0 Å². The quantitative estimate of drug-likeness (QED) is 0.685. The predicted octanol–water partition coefficient (Wildman–Crippen LogP) is 3.41. The summed E-state index contributed by atoms with van der Waals surface area (Å²) in [4.78, 5) is 33.0. The number of nitrogens with one attached hydrogen (secondary N) is 1.